The Morgan fingerprint density at radius 3 is 2.34 bits per heavy atom. The molecular formula is C25H42N6O. The van der Waals surface area contributed by atoms with E-state index in [0.29, 0.717) is 6.54 Å². The molecule has 2 aliphatic heterocycles. The highest BCUT2D eigenvalue weighted by atomic mass is 16.1. The average Bonchev–Trinajstić information content (AvgIpc) is 3.31. The second-order valence-electron chi connectivity index (χ2n) is 9.15. The number of aliphatic imine (C=N–C) groups is 1. The molecule has 178 valence electrons. The molecule has 0 unspecified atom stereocenters. The molecule has 0 aromatic heterocycles. The highest BCUT2D eigenvalue weighted by molar-refractivity contribution is 5.79. The molecule has 2 heterocycles. The Labute approximate surface area is 193 Å². The van der Waals surface area contributed by atoms with Gasteiger partial charge in [-0.2, -0.15) is 0 Å². The fraction of sp³-hybridized carbons (Fsp3) is 0.680. The molecule has 1 amide bonds. The largest absolute Gasteiger partial charge is 0.369 e. The Balaban J connectivity index is 1.33. The van der Waals surface area contributed by atoms with Crippen molar-refractivity contribution in [2.45, 2.75) is 58.5 Å². The van der Waals surface area contributed by atoms with Crippen LogP contribution in [0.15, 0.2) is 29.3 Å². The van der Waals surface area contributed by atoms with Gasteiger partial charge in [0.1, 0.15) is 0 Å². The summed E-state index contributed by atoms with van der Waals surface area (Å²) < 4.78 is 0. The van der Waals surface area contributed by atoms with E-state index in [-0.39, 0.29) is 11.8 Å². The number of unbranched alkanes of at least 4 members (excludes halogenated alkanes) is 1. The first-order valence-electron chi connectivity index (χ1n) is 12.5. The SMILES string of the molecule is CCNC(=NCc1ccc(CN2CCCC2)cc1)NCCCCN1CCC(C(N)=O)CC1. The van der Waals surface area contributed by atoms with Crippen LogP contribution in [-0.2, 0) is 17.9 Å². The summed E-state index contributed by atoms with van der Waals surface area (Å²) >= 11 is 0. The van der Waals surface area contributed by atoms with Gasteiger partial charge in [0.25, 0.3) is 0 Å². The van der Waals surface area contributed by atoms with E-state index in [9.17, 15) is 4.79 Å². The maximum Gasteiger partial charge on any atom is 0.220 e. The van der Waals surface area contributed by atoms with E-state index in [0.717, 1.165) is 70.9 Å². The number of primary amides is 1. The summed E-state index contributed by atoms with van der Waals surface area (Å²) in [5, 5.41) is 6.81. The van der Waals surface area contributed by atoms with Gasteiger partial charge in [-0.3, -0.25) is 9.69 Å². The number of hydrogen-bond donors (Lipinski definition) is 3. The van der Waals surface area contributed by atoms with Crippen molar-refractivity contribution in [1.29, 1.82) is 0 Å². The van der Waals surface area contributed by atoms with Crippen LogP contribution in [-0.4, -0.2) is 67.5 Å². The van der Waals surface area contributed by atoms with Crippen LogP contribution < -0.4 is 16.4 Å². The van der Waals surface area contributed by atoms with Gasteiger partial charge in [0.15, 0.2) is 5.96 Å². The van der Waals surface area contributed by atoms with Crippen LogP contribution in [0.1, 0.15) is 56.6 Å². The van der Waals surface area contributed by atoms with Gasteiger partial charge < -0.3 is 21.3 Å². The molecular weight excluding hydrogens is 400 g/mol. The van der Waals surface area contributed by atoms with Gasteiger partial charge in [-0.1, -0.05) is 24.3 Å². The number of carbonyl (C=O) groups is 1. The van der Waals surface area contributed by atoms with Gasteiger partial charge in [0, 0.05) is 25.6 Å². The number of nitrogens with two attached hydrogens (primary N) is 1. The fourth-order valence-corrected chi connectivity index (χ4v) is 4.57. The summed E-state index contributed by atoms with van der Waals surface area (Å²) in [5.41, 5.74) is 8.05. The zero-order chi connectivity index (χ0) is 22.6. The van der Waals surface area contributed by atoms with Crippen LogP contribution in [0.4, 0.5) is 0 Å². The lowest BCUT2D eigenvalue weighted by Gasteiger charge is -2.30. The lowest BCUT2D eigenvalue weighted by atomic mass is 9.96. The number of nitrogens with one attached hydrogen (secondary N) is 2. The number of guanidine groups is 1. The van der Waals surface area contributed by atoms with Gasteiger partial charge >= 0.3 is 0 Å². The van der Waals surface area contributed by atoms with Crippen molar-refractivity contribution < 1.29 is 4.79 Å². The summed E-state index contributed by atoms with van der Waals surface area (Å²) in [4.78, 5) is 21.0. The molecule has 2 saturated heterocycles. The molecule has 2 aliphatic rings. The Kier molecular flexibility index (Phi) is 10.3. The maximum absolute atomic E-state index is 11.3. The predicted molar refractivity (Wildman–Crippen MR) is 131 cm³/mol. The van der Waals surface area contributed by atoms with Crippen molar-refractivity contribution in [3.63, 3.8) is 0 Å². The molecule has 3 rings (SSSR count). The third kappa shape index (κ3) is 8.43. The molecule has 4 N–H and O–H groups in total. The Morgan fingerprint density at radius 2 is 1.69 bits per heavy atom. The number of piperidine rings is 1. The van der Waals surface area contributed by atoms with Crippen LogP contribution in [0.5, 0.6) is 0 Å². The normalized spacial score (nSPS) is 18.7. The van der Waals surface area contributed by atoms with Crippen molar-refractivity contribution in [2.24, 2.45) is 16.6 Å². The van der Waals surface area contributed by atoms with Crippen LogP contribution >= 0.6 is 0 Å². The molecule has 0 aliphatic carbocycles. The molecule has 7 heteroatoms. The van der Waals surface area contributed by atoms with Crippen molar-refractivity contribution in [2.75, 3.05) is 45.8 Å². The van der Waals surface area contributed by atoms with Crippen LogP contribution in [0, 0.1) is 5.92 Å². The third-order valence-electron chi connectivity index (χ3n) is 6.58. The average molecular weight is 443 g/mol. The quantitative estimate of drug-likeness (QED) is 0.278. The number of benzene rings is 1. The van der Waals surface area contributed by atoms with Gasteiger partial charge in [0.2, 0.25) is 5.91 Å². The molecule has 1 aromatic rings. The van der Waals surface area contributed by atoms with Crippen LogP contribution in [0.3, 0.4) is 0 Å². The van der Waals surface area contributed by atoms with E-state index in [2.05, 4.69) is 51.6 Å². The first-order chi connectivity index (χ1) is 15.6. The molecule has 32 heavy (non-hydrogen) atoms. The van der Waals surface area contributed by atoms with E-state index in [1.807, 2.05) is 0 Å². The van der Waals surface area contributed by atoms with Crippen molar-refractivity contribution >= 4 is 11.9 Å². The molecule has 0 bridgehead atoms. The summed E-state index contributed by atoms with van der Waals surface area (Å²) in [5.74, 6) is 0.825. The van der Waals surface area contributed by atoms with E-state index in [1.165, 1.54) is 37.1 Å². The number of rotatable bonds is 11. The molecule has 0 saturated carbocycles. The van der Waals surface area contributed by atoms with E-state index < -0.39 is 0 Å². The molecule has 2 fully saturated rings. The number of carbonyl (C=O) groups excluding carboxylic acids is 1. The monoisotopic (exact) mass is 442 g/mol. The summed E-state index contributed by atoms with van der Waals surface area (Å²) in [6.45, 7) is 11.2. The predicted octanol–water partition coefficient (Wildman–Crippen LogP) is 2.32. The first kappa shape index (κ1) is 24.5. The van der Waals surface area contributed by atoms with Crippen molar-refractivity contribution in [1.82, 2.24) is 20.4 Å². The Bertz CT molecular complexity index is 706. The third-order valence-corrected chi connectivity index (χ3v) is 6.58. The van der Waals surface area contributed by atoms with Gasteiger partial charge in [0.05, 0.1) is 6.54 Å². The summed E-state index contributed by atoms with van der Waals surface area (Å²) in [6, 6.07) is 8.91. The van der Waals surface area contributed by atoms with E-state index in [4.69, 9.17) is 10.7 Å². The molecule has 1 aromatic carbocycles. The molecule has 0 radical (unpaired) electrons. The standard InChI is InChI=1S/C25H42N6O/c1-2-27-25(28-13-3-4-14-30-17-11-23(12-18-30)24(26)32)29-19-21-7-9-22(10-8-21)20-31-15-5-6-16-31/h7-10,23H,2-6,11-20H2,1H3,(H2,26,32)(H2,27,28,29). The van der Waals surface area contributed by atoms with Crippen molar-refractivity contribution in [3.05, 3.63) is 35.4 Å². The van der Waals surface area contributed by atoms with E-state index >= 15 is 0 Å². The number of hydrogen-bond acceptors (Lipinski definition) is 4. The lowest BCUT2D eigenvalue weighted by molar-refractivity contribution is -0.123. The van der Waals surface area contributed by atoms with Crippen molar-refractivity contribution in [3.8, 4) is 0 Å². The summed E-state index contributed by atoms with van der Waals surface area (Å²) in [7, 11) is 0. The minimum absolute atomic E-state index is 0.0769. The van der Waals surface area contributed by atoms with Gasteiger partial charge in [-0.15, -0.1) is 0 Å². The zero-order valence-corrected chi connectivity index (χ0v) is 19.8. The highest BCUT2D eigenvalue weighted by Crippen LogP contribution is 2.17. The minimum atomic E-state index is -0.137. The fourth-order valence-electron chi connectivity index (χ4n) is 4.57. The first-order valence-corrected chi connectivity index (χ1v) is 12.5. The lowest BCUT2D eigenvalue weighted by Crippen LogP contribution is -2.39. The van der Waals surface area contributed by atoms with E-state index in [1.54, 1.807) is 0 Å². The summed E-state index contributed by atoms with van der Waals surface area (Å²) in [6.07, 6.45) is 6.73. The highest BCUT2D eigenvalue weighted by Gasteiger charge is 2.22. The van der Waals surface area contributed by atoms with Gasteiger partial charge in [-0.05, 0) is 89.3 Å². The zero-order valence-electron chi connectivity index (χ0n) is 19.8. The topological polar surface area (TPSA) is 86.0 Å². The molecule has 0 spiro atoms. The number of likely N-dealkylation sites (tertiary alicyclic amines) is 2. The Hall–Kier alpha value is -2.12. The number of amides is 1. The van der Waals surface area contributed by atoms with Crippen LogP contribution in [0.25, 0.3) is 0 Å². The number of nitrogens with zero attached hydrogens (tertiary/aromatic N) is 3. The van der Waals surface area contributed by atoms with Crippen LogP contribution in [0.2, 0.25) is 0 Å². The van der Waals surface area contributed by atoms with Gasteiger partial charge in [-0.25, -0.2) is 4.99 Å². The Morgan fingerprint density at radius 1 is 1.00 bits per heavy atom. The molecule has 0 atom stereocenters. The molecule has 7 nitrogen and oxygen atoms in total. The second-order valence-corrected chi connectivity index (χ2v) is 9.15. The minimum Gasteiger partial charge on any atom is -0.369 e. The smallest absolute Gasteiger partial charge is 0.220 e. The maximum atomic E-state index is 11.3. The second kappa shape index (κ2) is 13.4.